The van der Waals surface area contributed by atoms with E-state index in [9.17, 15) is 14.7 Å². The number of amides is 1. The van der Waals surface area contributed by atoms with Crippen molar-refractivity contribution >= 4 is 34.4 Å². The lowest BCUT2D eigenvalue weighted by molar-refractivity contribution is -0.124. The van der Waals surface area contributed by atoms with Gasteiger partial charge in [0, 0.05) is 41.6 Å². The number of Topliss-reactive ketones (excluding diaryl/α,β-unsaturated/α-hetero) is 1. The van der Waals surface area contributed by atoms with Gasteiger partial charge in [-0.1, -0.05) is 41.5 Å². The molecule has 0 unspecified atom stereocenters. The number of fused-ring (bicyclic) bond motifs is 1. The van der Waals surface area contributed by atoms with Gasteiger partial charge in [0.15, 0.2) is 5.78 Å². The maximum Gasteiger partial charge on any atom is 0.219 e. The second kappa shape index (κ2) is 14.9. The van der Waals surface area contributed by atoms with E-state index in [1.165, 1.54) is 16.0 Å². The third-order valence-corrected chi connectivity index (χ3v) is 8.72. The molecule has 230 valence electrons. The molecule has 0 aliphatic carbocycles. The van der Waals surface area contributed by atoms with Crippen LogP contribution in [0.15, 0.2) is 17.2 Å². The number of piperidine rings is 1. The molecule has 1 saturated heterocycles. The predicted octanol–water partition coefficient (Wildman–Crippen LogP) is 6.09. The van der Waals surface area contributed by atoms with Crippen molar-refractivity contribution in [2.75, 3.05) is 26.2 Å². The number of nitrogens with one attached hydrogen (secondary N) is 2. The van der Waals surface area contributed by atoms with Gasteiger partial charge in [-0.25, -0.2) is 5.90 Å². The van der Waals surface area contributed by atoms with Crippen molar-refractivity contribution in [3.8, 4) is 5.75 Å². The number of carbonyl (C=O) groups is 2. The van der Waals surface area contributed by atoms with Crippen molar-refractivity contribution in [2.45, 2.75) is 109 Å². The lowest BCUT2D eigenvalue weighted by Crippen LogP contribution is -2.35. The molecule has 0 atom stereocenters. The van der Waals surface area contributed by atoms with E-state index in [2.05, 4.69) is 67.6 Å². The highest BCUT2D eigenvalue weighted by Crippen LogP contribution is 2.42. The summed E-state index contributed by atoms with van der Waals surface area (Å²) >= 11 is 1.87. The van der Waals surface area contributed by atoms with E-state index in [-0.39, 0.29) is 28.5 Å². The zero-order chi connectivity index (χ0) is 30.2. The van der Waals surface area contributed by atoms with Gasteiger partial charge in [-0.05, 0) is 80.6 Å². The fourth-order valence-corrected chi connectivity index (χ4v) is 6.61. The normalized spacial score (nSPS) is 15.5. The van der Waals surface area contributed by atoms with E-state index in [0.29, 0.717) is 43.9 Å². The van der Waals surface area contributed by atoms with Gasteiger partial charge in [-0.3, -0.25) is 19.3 Å². The highest BCUT2D eigenvalue weighted by atomic mass is 32.2. The number of nitrogens with zero attached hydrogens (tertiary/aromatic N) is 1. The maximum absolute atomic E-state index is 12.2. The van der Waals surface area contributed by atoms with Crippen LogP contribution in [0.1, 0.15) is 97.6 Å². The van der Waals surface area contributed by atoms with Crippen molar-refractivity contribution in [2.24, 2.45) is 17.2 Å². The first-order valence-electron chi connectivity index (χ1n) is 15.1. The van der Waals surface area contributed by atoms with Crippen molar-refractivity contribution in [1.82, 2.24) is 15.2 Å². The molecule has 0 bridgehead atoms. The summed E-state index contributed by atoms with van der Waals surface area (Å²) in [5.41, 5.74) is 3.56. The van der Waals surface area contributed by atoms with Crippen molar-refractivity contribution in [3.63, 3.8) is 0 Å². The van der Waals surface area contributed by atoms with Gasteiger partial charge in [0.2, 0.25) is 5.91 Å². The zero-order valence-electron chi connectivity index (χ0n) is 26.0. The molecule has 0 saturated carbocycles. The Labute approximate surface area is 250 Å². The Morgan fingerprint density at radius 2 is 1.78 bits per heavy atom. The molecule has 0 radical (unpaired) electrons. The van der Waals surface area contributed by atoms with Gasteiger partial charge >= 0.3 is 0 Å². The zero-order valence-corrected chi connectivity index (χ0v) is 26.8. The number of nitrogens with two attached hydrogens (primary N) is 1. The number of H-pyrrole nitrogens is 1. The second-order valence-corrected chi connectivity index (χ2v) is 15.6. The average molecular weight is 589 g/mol. The smallest absolute Gasteiger partial charge is 0.219 e. The molecule has 9 heteroatoms. The number of thioether (sulfide) groups is 1. The SMILES string of the molecule is CC(C)(C)Cc1c(SC(C)(C)C)[nH]c2c(CN3CCC(CCNC(=O)CCCCC(=O)CON)CC3)c(O)ccc12. The van der Waals surface area contributed by atoms with Crippen molar-refractivity contribution < 1.29 is 19.5 Å². The van der Waals surface area contributed by atoms with Crippen LogP contribution in [0, 0.1) is 11.3 Å². The quantitative estimate of drug-likeness (QED) is 0.120. The Hall–Kier alpha value is -2.07. The van der Waals surface area contributed by atoms with E-state index in [1.807, 2.05) is 17.8 Å². The highest BCUT2D eigenvalue weighted by molar-refractivity contribution is 8.00. The third-order valence-electron chi connectivity index (χ3n) is 7.56. The van der Waals surface area contributed by atoms with E-state index < -0.39 is 0 Å². The summed E-state index contributed by atoms with van der Waals surface area (Å²) in [6, 6.07) is 3.94. The summed E-state index contributed by atoms with van der Waals surface area (Å²) < 4.78 is 0.0811. The van der Waals surface area contributed by atoms with Gasteiger partial charge in [0.05, 0.1) is 10.5 Å². The lowest BCUT2D eigenvalue weighted by Gasteiger charge is -2.32. The number of benzene rings is 1. The lowest BCUT2D eigenvalue weighted by atomic mass is 9.88. The molecule has 1 aliphatic heterocycles. The number of phenolic OH excluding ortho intramolecular Hbond substituents is 1. The molecular formula is C32H52N4O4S. The number of phenols is 1. The highest BCUT2D eigenvalue weighted by Gasteiger charge is 2.26. The number of unbranched alkanes of at least 4 members (excludes halogenated alkanes) is 1. The van der Waals surface area contributed by atoms with E-state index in [4.69, 9.17) is 5.90 Å². The predicted molar refractivity (Wildman–Crippen MR) is 168 cm³/mol. The summed E-state index contributed by atoms with van der Waals surface area (Å²) in [4.78, 5) is 34.1. The summed E-state index contributed by atoms with van der Waals surface area (Å²) in [5, 5.41) is 16.4. The van der Waals surface area contributed by atoms with Crippen LogP contribution in [0.2, 0.25) is 0 Å². The Morgan fingerprint density at radius 3 is 2.41 bits per heavy atom. The van der Waals surface area contributed by atoms with Crippen LogP contribution in [0.25, 0.3) is 10.9 Å². The number of likely N-dealkylation sites (tertiary alicyclic amines) is 1. The average Bonchev–Trinajstić information content (AvgIpc) is 3.18. The Bertz CT molecular complexity index is 1160. The molecule has 2 heterocycles. The van der Waals surface area contributed by atoms with Crippen LogP contribution in [0.3, 0.4) is 0 Å². The van der Waals surface area contributed by atoms with Crippen molar-refractivity contribution in [3.05, 3.63) is 23.3 Å². The molecule has 1 fully saturated rings. The first kappa shape index (κ1) is 33.4. The number of ketones is 1. The number of aromatic hydroxyl groups is 1. The van der Waals surface area contributed by atoms with Crippen LogP contribution < -0.4 is 11.2 Å². The van der Waals surface area contributed by atoms with Gasteiger partial charge in [0.25, 0.3) is 0 Å². The molecule has 1 aliphatic rings. The largest absolute Gasteiger partial charge is 0.508 e. The Morgan fingerprint density at radius 1 is 1.10 bits per heavy atom. The van der Waals surface area contributed by atoms with Crippen molar-refractivity contribution in [1.29, 1.82) is 0 Å². The minimum Gasteiger partial charge on any atom is -0.508 e. The summed E-state index contributed by atoms with van der Waals surface area (Å²) in [5.74, 6) is 5.87. The standard InChI is InChI=1S/C32H52N4O4S/c1-31(2,3)19-25-24-11-12-27(38)26(29(24)35-30(25)41-32(4,5)6)20-36-17-14-22(15-18-36)13-16-34-28(39)10-8-7-9-23(37)21-40-33/h11-12,22,35,38H,7-10,13-21,33H2,1-6H3,(H,34,39). The minimum absolute atomic E-state index is 0.0337. The fraction of sp³-hybridized carbons (Fsp3) is 0.688. The van der Waals surface area contributed by atoms with E-state index in [1.54, 1.807) is 0 Å². The molecule has 41 heavy (non-hydrogen) atoms. The number of aromatic nitrogens is 1. The van der Waals surface area contributed by atoms with Crippen LogP contribution in [0.4, 0.5) is 0 Å². The Balaban J connectivity index is 1.53. The first-order chi connectivity index (χ1) is 19.3. The van der Waals surface area contributed by atoms with E-state index >= 15 is 0 Å². The van der Waals surface area contributed by atoms with Crippen LogP contribution in [-0.2, 0) is 27.4 Å². The maximum atomic E-state index is 12.2. The summed E-state index contributed by atoms with van der Waals surface area (Å²) in [6.45, 7) is 16.9. The number of aromatic amines is 1. The Kier molecular flexibility index (Phi) is 12.1. The van der Waals surface area contributed by atoms with Crippen LogP contribution in [0.5, 0.6) is 5.75 Å². The first-order valence-corrected chi connectivity index (χ1v) is 15.9. The molecule has 5 N–H and O–H groups in total. The molecule has 1 aromatic heterocycles. The molecule has 1 amide bonds. The van der Waals surface area contributed by atoms with Gasteiger partial charge in [-0.2, -0.15) is 0 Å². The van der Waals surface area contributed by atoms with Crippen LogP contribution >= 0.6 is 11.8 Å². The van der Waals surface area contributed by atoms with Gasteiger partial charge in [-0.15, -0.1) is 11.8 Å². The van der Waals surface area contributed by atoms with E-state index in [0.717, 1.165) is 56.4 Å². The van der Waals surface area contributed by atoms with Crippen LogP contribution in [-0.4, -0.2) is 57.7 Å². The summed E-state index contributed by atoms with van der Waals surface area (Å²) in [7, 11) is 0. The molecular weight excluding hydrogens is 536 g/mol. The van der Waals surface area contributed by atoms with Gasteiger partial charge < -0.3 is 15.4 Å². The topological polar surface area (TPSA) is 121 Å². The number of hydrogen-bond donors (Lipinski definition) is 4. The third kappa shape index (κ3) is 10.9. The number of rotatable bonds is 14. The number of hydrogen-bond acceptors (Lipinski definition) is 7. The summed E-state index contributed by atoms with van der Waals surface area (Å²) in [6.07, 6.45) is 6.33. The molecule has 8 nitrogen and oxygen atoms in total. The number of carbonyl (C=O) groups excluding carboxylic acids is 2. The fourth-order valence-electron chi connectivity index (χ4n) is 5.54. The van der Waals surface area contributed by atoms with Gasteiger partial charge in [0.1, 0.15) is 12.4 Å². The molecule has 3 rings (SSSR count). The molecule has 2 aromatic rings. The molecule has 0 spiro atoms. The second-order valence-electron chi connectivity index (χ2n) is 13.8. The molecule has 1 aromatic carbocycles. The monoisotopic (exact) mass is 588 g/mol. The minimum atomic E-state index is -0.0657.